The first kappa shape index (κ1) is 11.4. The summed E-state index contributed by atoms with van der Waals surface area (Å²) in [6.07, 6.45) is 2.39. The SMILES string of the molecule is [2H]C1([2H])C(C(C)(C)C)C([2H])([2H])N1CN1CC2CCC(C1)N2C(C)(C)C. The minimum atomic E-state index is -1.60. The average molecular weight is 298 g/mol. The van der Waals surface area contributed by atoms with E-state index in [1.54, 1.807) is 0 Å². The Balaban J connectivity index is 1.71. The molecule has 3 aliphatic rings. The molecule has 2 unspecified atom stereocenters. The van der Waals surface area contributed by atoms with Crippen LogP contribution in [0.15, 0.2) is 0 Å². The van der Waals surface area contributed by atoms with Gasteiger partial charge in [-0.1, -0.05) is 20.8 Å². The fraction of sp³-hybridized carbons (Fsp3) is 1.00. The lowest BCUT2D eigenvalue weighted by Crippen LogP contribution is -2.63. The monoisotopic (exact) mass is 297 g/mol. The molecule has 0 aliphatic carbocycles. The Morgan fingerprint density at radius 2 is 1.43 bits per heavy atom. The van der Waals surface area contributed by atoms with Crippen LogP contribution < -0.4 is 0 Å². The Labute approximate surface area is 137 Å². The van der Waals surface area contributed by atoms with Gasteiger partial charge in [-0.3, -0.25) is 14.7 Å². The van der Waals surface area contributed by atoms with E-state index in [0.29, 0.717) is 18.8 Å². The number of hydrogen-bond acceptors (Lipinski definition) is 3. The van der Waals surface area contributed by atoms with E-state index in [9.17, 15) is 0 Å². The number of piperazine rings is 1. The van der Waals surface area contributed by atoms with Crippen molar-refractivity contribution in [1.29, 1.82) is 0 Å². The van der Waals surface area contributed by atoms with E-state index in [1.807, 2.05) is 20.8 Å². The van der Waals surface area contributed by atoms with Gasteiger partial charge in [-0.05, 0) is 44.9 Å². The van der Waals surface area contributed by atoms with Crippen LogP contribution in [0.3, 0.4) is 0 Å². The first-order valence-corrected chi connectivity index (χ1v) is 8.45. The highest BCUT2D eigenvalue weighted by Gasteiger charge is 2.45. The molecule has 122 valence electrons. The summed E-state index contributed by atoms with van der Waals surface area (Å²) in [7, 11) is 0. The van der Waals surface area contributed by atoms with Crippen LogP contribution in [0.4, 0.5) is 0 Å². The van der Waals surface area contributed by atoms with E-state index in [1.165, 1.54) is 17.7 Å². The number of fused-ring (bicyclic) bond motifs is 2. The molecular weight excluding hydrogens is 258 g/mol. The average Bonchev–Trinajstić information content (AvgIpc) is 2.65. The standard InChI is InChI=1S/C18H35N3/c1-17(2,3)14-9-19(10-14)13-20-11-15-7-8-16(12-20)21(15)18(4,5)6/h14-16H,7-13H2,1-6H3/i9D2,10D2. The zero-order valence-electron chi connectivity index (χ0n) is 18.6. The van der Waals surface area contributed by atoms with E-state index in [2.05, 4.69) is 30.6 Å². The molecule has 0 saturated carbocycles. The van der Waals surface area contributed by atoms with Gasteiger partial charge < -0.3 is 0 Å². The molecule has 0 N–H and O–H groups in total. The molecular formula is C18H35N3. The van der Waals surface area contributed by atoms with Crippen molar-refractivity contribution in [3.05, 3.63) is 0 Å². The molecule has 0 spiro atoms. The highest BCUT2D eigenvalue weighted by molar-refractivity contribution is 5.01. The second-order valence-corrected chi connectivity index (χ2v) is 9.13. The summed E-state index contributed by atoms with van der Waals surface area (Å²) in [5, 5.41) is 0. The molecule has 3 saturated heterocycles. The van der Waals surface area contributed by atoms with Gasteiger partial charge in [0, 0.05) is 49.2 Å². The third-order valence-electron chi connectivity index (χ3n) is 5.11. The van der Waals surface area contributed by atoms with Gasteiger partial charge >= 0.3 is 0 Å². The van der Waals surface area contributed by atoms with Crippen molar-refractivity contribution in [2.45, 2.75) is 72.0 Å². The van der Waals surface area contributed by atoms with Crippen molar-refractivity contribution in [3.63, 3.8) is 0 Å². The van der Waals surface area contributed by atoms with Crippen molar-refractivity contribution >= 4 is 0 Å². The zero-order valence-corrected chi connectivity index (χ0v) is 14.6. The predicted molar refractivity (Wildman–Crippen MR) is 89.4 cm³/mol. The van der Waals surface area contributed by atoms with Crippen LogP contribution in [0.2, 0.25) is 0 Å². The molecule has 2 atom stereocenters. The third kappa shape index (κ3) is 3.16. The highest BCUT2D eigenvalue weighted by Crippen LogP contribution is 2.37. The van der Waals surface area contributed by atoms with E-state index >= 15 is 0 Å². The maximum atomic E-state index is 8.48. The van der Waals surface area contributed by atoms with Crippen LogP contribution in [0, 0.1) is 11.3 Å². The zero-order chi connectivity index (χ0) is 19.0. The molecule has 3 aliphatic heterocycles. The smallest absolute Gasteiger partial charge is 0.0507 e. The van der Waals surface area contributed by atoms with Crippen molar-refractivity contribution in [1.82, 2.24) is 14.7 Å². The van der Waals surface area contributed by atoms with Gasteiger partial charge in [0.05, 0.1) is 6.67 Å². The summed E-state index contributed by atoms with van der Waals surface area (Å²) in [6, 6.07) is 1.02. The van der Waals surface area contributed by atoms with E-state index in [4.69, 9.17) is 5.48 Å². The quantitative estimate of drug-likeness (QED) is 0.776. The molecule has 3 fully saturated rings. The molecule has 0 aromatic heterocycles. The van der Waals surface area contributed by atoms with Crippen LogP contribution in [0.1, 0.15) is 59.9 Å². The molecule has 0 aromatic carbocycles. The normalized spacial score (nSPS) is 41.0. The fourth-order valence-electron chi connectivity index (χ4n) is 4.18. The van der Waals surface area contributed by atoms with Gasteiger partial charge in [-0.25, -0.2) is 0 Å². The van der Waals surface area contributed by atoms with Gasteiger partial charge in [0.25, 0.3) is 0 Å². The number of nitrogens with zero attached hydrogens (tertiary/aromatic N) is 3. The summed E-state index contributed by atoms with van der Waals surface area (Å²) in [5.41, 5.74) is -0.233. The maximum Gasteiger partial charge on any atom is 0.0507 e. The minimum absolute atomic E-state index is 0.162. The highest BCUT2D eigenvalue weighted by atomic mass is 15.4. The lowest BCUT2D eigenvalue weighted by atomic mass is 9.76. The number of likely N-dealkylation sites (tertiary alicyclic amines) is 2. The topological polar surface area (TPSA) is 9.72 Å². The molecule has 3 heterocycles. The predicted octanol–water partition coefficient (Wildman–Crippen LogP) is 2.87. The van der Waals surface area contributed by atoms with Crippen molar-refractivity contribution in [3.8, 4) is 0 Å². The van der Waals surface area contributed by atoms with Crippen LogP contribution in [-0.4, -0.2) is 65.1 Å². The maximum absolute atomic E-state index is 8.48. The molecule has 3 rings (SSSR count). The van der Waals surface area contributed by atoms with Crippen molar-refractivity contribution in [2.24, 2.45) is 11.3 Å². The number of rotatable bonds is 2. The summed E-state index contributed by atoms with van der Waals surface area (Å²) in [5.74, 6) is -0.611. The Hall–Kier alpha value is -0.120. The lowest BCUT2D eigenvalue weighted by Gasteiger charge is -2.52. The molecule has 3 heteroatoms. The van der Waals surface area contributed by atoms with Crippen molar-refractivity contribution in [2.75, 3.05) is 32.8 Å². The summed E-state index contributed by atoms with van der Waals surface area (Å²) >= 11 is 0. The molecule has 3 nitrogen and oxygen atoms in total. The Morgan fingerprint density at radius 3 is 1.86 bits per heavy atom. The first-order valence-electron chi connectivity index (χ1n) is 10.5. The van der Waals surface area contributed by atoms with E-state index in [-0.39, 0.29) is 5.54 Å². The summed E-state index contributed by atoms with van der Waals surface area (Å²) < 4.78 is 33.9. The third-order valence-corrected chi connectivity index (χ3v) is 5.11. The number of hydrogen-bond donors (Lipinski definition) is 0. The Morgan fingerprint density at radius 1 is 0.905 bits per heavy atom. The summed E-state index contributed by atoms with van der Waals surface area (Å²) in [6.45, 7) is 11.7. The van der Waals surface area contributed by atoms with Gasteiger partial charge in [0.2, 0.25) is 0 Å². The second kappa shape index (κ2) is 5.21. The summed E-state index contributed by atoms with van der Waals surface area (Å²) in [4.78, 5) is 6.35. The van der Waals surface area contributed by atoms with Crippen molar-refractivity contribution < 1.29 is 5.48 Å². The Kier molecular flexibility index (Phi) is 2.83. The molecule has 0 radical (unpaired) electrons. The fourth-order valence-corrected chi connectivity index (χ4v) is 4.18. The van der Waals surface area contributed by atoms with E-state index < -0.39 is 24.3 Å². The minimum Gasteiger partial charge on any atom is -0.290 e. The second-order valence-electron chi connectivity index (χ2n) is 9.13. The molecule has 2 bridgehead atoms. The van der Waals surface area contributed by atoms with Gasteiger partial charge in [-0.2, -0.15) is 0 Å². The van der Waals surface area contributed by atoms with Crippen LogP contribution >= 0.6 is 0 Å². The van der Waals surface area contributed by atoms with Gasteiger partial charge in [0.1, 0.15) is 0 Å². The largest absolute Gasteiger partial charge is 0.290 e. The van der Waals surface area contributed by atoms with Crippen LogP contribution in [0.5, 0.6) is 0 Å². The van der Waals surface area contributed by atoms with Crippen LogP contribution in [0.25, 0.3) is 0 Å². The molecule has 0 amide bonds. The molecule has 0 aromatic rings. The Bertz CT molecular complexity index is 493. The first-order chi connectivity index (χ1) is 11.2. The lowest BCUT2D eigenvalue weighted by molar-refractivity contribution is -0.0538. The van der Waals surface area contributed by atoms with Gasteiger partial charge in [-0.15, -0.1) is 0 Å². The van der Waals surface area contributed by atoms with Crippen LogP contribution in [-0.2, 0) is 0 Å². The van der Waals surface area contributed by atoms with Gasteiger partial charge in [0.15, 0.2) is 0 Å². The molecule has 21 heavy (non-hydrogen) atoms. The van der Waals surface area contributed by atoms with E-state index in [0.717, 1.165) is 13.1 Å².